The molecule has 4 atom stereocenters. The molecule has 2 aliphatic rings. The smallest absolute Gasteiger partial charge is 0.243 e. The quantitative estimate of drug-likeness (QED) is 0.540. The largest absolute Gasteiger partial charge is 0.375 e. The maximum absolute atomic E-state index is 15.7. The molecule has 2 fully saturated rings. The van der Waals surface area contributed by atoms with Gasteiger partial charge in [-0.15, -0.1) is 0 Å². The Balaban J connectivity index is 1.70. The Labute approximate surface area is 224 Å². The topological polar surface area (TPSA) is 119 Å². The number of hydrogen-bond donors (Lipinski definition) is 1. The first-order valence-electron chi connectivity index (χ1n) is 12.7. The summed E-state index contributed by atoms with van der Waals surface area (Å²) in [5, 5.41) is 5.29. The average molecular weight is 570 g/mol. The Morgan fingerprint density at radius 1 is 1.03 bits per heavy atom. The molecule has 0 aromatic heterocycles. The number of hydrogen-bond acceptors (Lipinski definition) is 7. The second kappa shape index (κ2) is 11.2. The highest BCUT2D eigenvalue weighted by Crippen LogP contribution is 2.36. The third-order valence-electron chi connectivity index (χ3n) is 7.06. The van der Waals surface area contributed by atoms with E-state index in [1.807, 2.05) is 18.7 Å². The number of sulfonamides is 2. The van der Waals surface area contributed by atoms with Crippen LogP contribution >= 0.6 is 0 Å². The minimum absolute atomic E-state index is 0.0152. The van der Waals surface area contributed by atoms with Crippen LogP contribution in [0.3, 0.4) is 0 Å². The highest BCUT2D eigenvalue weighted by molar-refractivity contribution is 7.89. The van der Waals surface area contributed by atoms with Crippen molar-refractivity contribution >= 4 is 25.7 Å². The fourth-order valence-electron chi connectivity index (χ4n) is 5.24. The molecule has 2 saturated heterocycles. The van der Waals surface area contributed by atoms with Crippen LogP contribution in [0.25, 0.3) is 11.1 Å². The summed E-state index contributed by atoms with van der Waals surface area (Å²) in [6, 6.07) is 7.90. The maximum Gasteiger partial charge on any atom is 0.243 e. The van der Waals surface area contributed by atoms with E-state index in [-0.39, 0.29) is 45.5 Å². The molecule has 2 N–H and O–H groups in total. The molecule has 2 aliphatic heterocycles. The van der Waals surface area contributed by atoms with Crippen molar-refractivity contribution in [2.75, 3.05) is 25.5 Å². The fourth-order valence-corrected chi connectivity index (χ4v) is 6.86. The molecule has 210 valence electrons. The van der Waals surface area contributed by atoms with Gasteiger partial charge in [-0.1, -0.05) is 6.07 Å². The van der Waals surface area contributed by atoms with E-state index in [1.165, 1.54) is 32.3 Å². The fraction of sp³-hybridized carbons (Fsp3) is 0.538. The van der Waals surface area contributed by atoms with Crippen molar-refractivity contribution in [2.45, 2.75) is 80.3 Å². The monoisotopic (exact) mass is 569 g/mol. The van der Waals surface area contributed by atoms with Gasteiger partial charge in [0.15, 0.2) is 0 Å². The predicted octanol–water partition coefficient (Wildman–Crippen LogP) is 3.68. The van der Waals surface area contributed by atoms with E-state index in [0.717, 1.165) is 42.5 Å². The van der Waals surface area contributed by atoms with E-state index >= 15 is 4.39 Å². The van der Waals surface area contributed by atoms with Gasteiger partial charge in [-0.25, -0.2) is 30.7 Å². The van der Waals surface area contributed by atoms with Crippen molar-refractivity contribution in [1.29, 1.82) is 0 Å². The molecule has 2 unspecified atom stereocenters. The molecule has 0 aliphatic carbocycles. The highest BCUT2D eigenvalue weighted by Gasteiger charge is 2.32. The second-order valence-electron chi connectivity index (χ2n) is 10.3. The van der Waals surface area contributed by atoms with Crippen molar-refractivity contribution in [2.24, 2.45) is 5.14 Å². The molecule has 2 aromatic carbocycles. The van der Waals surface area contributed by atoms with Crippen molar-refractivity contribution in [3.05, 3.63) is 42.2 Å². The Hall–Kier alpha value is -2.09. The van der Waals surface area contributed by atoms with Crippen molar-refractivity contribution < 1.29 is 30.7 Å². The van der Waals surface area contributed by atoms with E-state index in [9.17, 15) is 16.8 Å². The zero-order valence-electron chi connectivity index (χ0n) is 22.1. The van der Waals surface area contributed by atoms with E-state index in [2.05, 4.69) is 0 Å². The van der Waals surface area contributed by atoms with Crippen molar-refractivity contribution in [1.82, 2.24) is 4.31 Å². The lowest BCUT2D eigenvalue weighted by molar-refractivity contribution is -0.125. The van der Waals surface area contributed by atoms with Gasteiger partial charge in [-0.3, -0.25) is 0 Å². The van der Waals surface area contributed by atoms with Gasteiger partial charge in [0.2, 0.25) is 20.0 Å². The normalized spacial score (nSPS) is 25.1. The van der Waals surface area contributed by atoms with Gasteiger partial charge in [-0.2, -0.15) is 0 Å². The number of rotatable bonds is 7. The summed E-state index contributed by atoms with van der Waals surface area (Å²) >= 11 is 0. The molecule has 2 aromatic rings. The van der Waals surface area contributed by atoms with Gasteiger partial charge in [0.05, 0.1) is 33.8 Å². The molecule has 4 rings (SSSR count). The van der Waals surface area contributed by atoms with Crippen molar-refractivity contribution in [3.8, 4) is 11.1 Å². The molecule has 2 heterocycles. The standard InChI is InChI=1S/C26H36FN3O6S2/c1-17-13-20(14-18(2)35-17)36-26-7-5-6-12-30(26)24-10-8-19(15-23(24)27)22-16-21(37(28,31)32)9-11-25(22)38(33,34)29(3)4/h8-11,15-18,20,26H,5-7,12-14H2,1-4H3,(H2,28,31,32)/t17-,18+,20?,26?. The van der Waals surface area contributed by atoms with Crippen LogP contribution in [0.4, 0.5) is 10.1 Å². The zero-order valence-corrected chi connectivity index (χ0v) is 23.8. The lowest BCUT2D eigenvalue weighted by Gasteiger charge is -2.41. The molecule has 0 amide bonds. The number of benzene rings is 2. The van der Waals surface area contributed by atoms with Gasteiger partial charge in [0.25, 0.3) is 0 Å². The maximum atomic E-state index is 15.7. The van der Waals surface area contributed by atoms with Crippen LogP contribution in [0.15, 0.2) is 46.2 Å². The summed E-state index contributed by atoms with van der Waals surface area (Å²) < 4.78 is 79.0. The molecule has 9 nitrogen and oxygen atoms in total. The first-order chi connectivity index (χ1) is 17.8. The Morgan fingerprint density at radius 3 is 2.32 bits per heavy atom. The molecule has 38 heavy (non-hydrogen) atoms. The lowest BCUT2D eigenvalue weighted by atomic mass is 10.0. The SMILES string of the molecule is C[C@@H]1CC(OC2CCCCN2c2ccc(-c3cc(S(N)(=O)=O)ccc3S(=O)(=O)N(C)C)cc2F)C[C@H](C)O1. The van der Waals surface area contributed by atoms with Crippen LogP contribution in [0.5, 0.6) is 0 Å². The molecule has 0 saturated carbocycles. The van der Waals surface area contributed by atoms with E-state index in [1.54, 1.807) is 12.1 Å². The Morgan fingerprint density at radius 2 is 1.71 bits per heavy atom. The molecular weight excluding hydrogens is 533 g/mol. The van der Waals surface area contributed by atoms with Gasteiger partial charge in [0, 0.05) is 26.2 Å². The second-order valence-corrected chi connectivity index (χ2v) is 14.0. The van der Waals surface area contributed by atoms with Crippen LogP contribution < -0.4 is 10.0 Å². The predicted molar refractivity (Wildman–Crippen MR) is 143 cm³/mol. The number of piperidine rings is 1. The highest BCUT2D eigenvalue weighted by atomic mass is 32.2. The van der Waals surface area contributed by atoms with Crippen LogP contribution in [0, 0.1) is 5.82 Å². The lowest BCUT2D eigenvalue weighted by Crippen LogP contribution is -2.46. The van der Waals surface area contributed by atoms with Crippen LogP contribution in [0.2, 0.25) is 0 Å². The number of ether oxygens (including phenoxy) is 2. The minimum atomic E-state index is -4.12. The van der Waals surface area contributed by atoms with Gasteiger partial charge >= 0.3 is 0 Å². The summed E-state index contributed by atoms with van der Waals surface area (Å²) in [7, 11) is -5.34. The van der Waals surface area contributed by atoms with E-state index in [4.69, 9.17) is 14.6 Å². The Bertz CT molecular complexity index is 1370. The summed E-state index contributed by atoms with van der Waals surface area (Å²) in [5.41, 5.74) is 0.622. The van der Waals surface area contributed by atoms with Crippen LogP contribution in [0.1, 0.15) is 46.0 Å². The molecule has 12 heteroatoms. The third-order valence-corrected chi connectivity index (χ3v) is 9.84. The molecule has 0 spiro atoms. The number of nitrogens with two attached hydrogens (primary N) is 1. The first kappa shape index (κ1) is 28.9. The molecule has 0 radical (unpaired) electrons. The summed E-state index contributed by atoms with van der Waals surface area (Å²) in [6.07, 6.45) is 4.10. The summed E-state index contributed by atoms with van der Waals surface area (Å²) in [4.78, 5) is 1.51. The van der Waals surface area contributed by atoms with E-state index < -0.39 is 25.9 Å². The van der Waals surface area contributed by atoms with Crippen LogP contribution in [-0.4, -0.2) is 66.3 Å². The third kappa shape index (κ3) is 6.21. The average Bonchev–Trinajstić information content (AvgIpc) is 2.83. The first-order valence-corrected chi connectivity index (χ1v) is 15.7. The summed E-state index contributed by atoms with van der Waals surface area (Å²) in [6.45, 7) is 4.67. The van der Waals surface area contributed by atoms with Gasteiger partial charge < -0.3 is 14.4 Å². The number of nitrogens with zero attached hydrogens (tertiary/aromatic N) is 2. The minimum Gasteiger partial charge on any atom is -0.375 e. The molecule has 0 bridgehead atoms. The van der Waals surface area contributed by atoms with E-state index in [0.29, 0.717) is 12.2 Å². The van der Waals surface area contributed by atoms with Gasteiger partial charge in [-0.05, 0) is 81.8 Å². The summed E-state index contributed by atoms with van der Waals surface area (Å²) in [5.74, 6) is -0.555. The van der Waals surface area contributed by atoms with Crippen LogP contribution in [-0.2, 0) is 29.5 Å². The Kier molecular flexibility index (Phi) is 8.51. The number of anilines is 1. The number of primary sulfonamides is 1. The zero-order chi connectivity index (χ0) is 27.8. The molecular formula is C26H36FN3O6S2. The van der Waals surface area contributed by atoms with Gasteiger partial charge in [0.1, 0.15) is 12.0 Å². The van der Waals surface area contributed by atoms with Crippen molar-refractivity contribution in [3.63, 3.8) is 0 Å². The number of halogens is 1.